The Morgan fingerprint density at radius 2 is 1.95 bits per heavy atom. The van der Waals surface area contributed by atoms with Gasteiger partial charge in [0.05, 0.1) is 6.20 Å². The van der Waals surface area contributed by atoms with Gasteiger partial charge in [0.2, 0.25) is 0 Å². The normalized spacial score (nSPS) is 14.2. The maximum Gasteiger partial charge on any atom is 0.0522 e. The van der Waals surface area contributed by atoms with E-state index < -0.39 is 0 Å². The molecule has 2 aromatic rings. The highest BCUT2D eigenvalue weighted by Gasteiger charge is 2.20. The first kappa shape index (κ1) is 14.8. The molecule has 0 fully saturated rings. The number of rotatable bonds is 7. The second-order valence-corrected chi connectivity index (χ2v) is 5.23. The summed E-state index contributed by atoms with van der Waals surface area (Å²) in [4.78, 5) is 0. The average Bonchev–Trinajstić information content (AvgIpc) is 2.96. The predicted octanol–water partition coefficient (Wildman–Crippen LogP) is 3.23. The van der Waals surface area contributed by atoms with Crippen LogP contribution in [0.4, 0.5) is 0 Å². The van der Waals surface area contributed by atoms with Crippen molar-refractivity contribution in [2.24, 2.45) is 0 Å². The highest BCUT2D eigenvalue weighted by Crippen LogP contribution is 2.25. The molecule has 3 nitrogen and oxygen atoms in total. The topological polar surface area (TPSA) is 29.9 Å². The van der Waals surface area contributed by atoms with Crippen molar-refractivity contribution < 1.29 is 0 Å². The zero-order valence-electron chi connectivity index (χ0n) is 12.7. The minimum Gasteiger partial charge on any atom is -0.316 e. The standard InChI is InChI=1S/C17H25N3/c1-4-16(15-9-7-6-8-10-15)17(18-3)11-14-12-19-20(5-2)13-14/h6-10,12-13,16-18H,4-5,11H2,1-3H3. The molecule has 20 heavy (non-hydrogen) atoms. The first-order chi connectivity index (χ1) is 9.78. The second-order valence-electron chi connectivity index (χ2n) is 5.23. The Kier molecular flexibility index (Phi) is 5.36. The zero-order valence-corrected chi connectivity index (χ0v) is 12.7. The summed E-state index contributed by atoms with van der Waals surface area (Å²) in [6, 6.07) is 11.2. The molecule has 2 rings (SSSR count). The molecule has 2 atom stereocenters. The molecule has 0 bridgehead atoms. The van der Waals surface area contributed by atoms with Crippen LogP contribution in [0.5, 0.6) is 0 Å². The Hall–Kier alpha value is -1.61. The molecule has 1 heterocycles. The third kappa shape index (κ3) is 3.48. The highest BCUT2D eigenvalue weighted by atomic mass is 15.3. The number of aryl methyl sites for hydroxylation is 1. The SMILES string of the molecule is CCC(c1ccccc1)C(Cc1cnn(CC)c1)NC. The molecule has 0 spiro atoms. The van der Waals surface area contributed by atoms with Crippen LogP contribution in [0.2, 0.25) is 0 Å². The second kappa shape index (κ2) is 7.25. The van der Waals surface area contributed by atoms with Gasteiger partial charge in [-0.2, -0.15) is 5.10 Å². The summed E-state index contributed by atoms with van der Waals surface area (Å²) in [5.74, 6) is 0.533. The molecule has 3 heteroatoms. The lowest BCUT2D eigenvalue weighted by atomic mass is 9.86. The molecule has 0 saturated heterocycles. The summed E-state index contributed by atoms with van der Waals surface area (Å²) in [5.41, 5.74) is 2.72. The van der Waals surface area contributed by atoms with Crippen molar-refractivity contribution in [1.29, 1.82) is 0 Å². The van der Waals surface area contributed by atoms with Gasteiger partial charge in [-0.3, -0.25) is 4.68 Å². The summed E-state index contributed by atoms with van der Waals surface area (Å²) >= 11 is 0. The molecule has 108 valence electrons. The van der Waals surface area contributed by atoms with Gasteiger partial charge in [0.1, 0.15) is 0 Å². The van der Waals surface area contributed by atoms with E-state index in [4.69, 9.17) is 0 Å². The average molecular weight is 271 g/mol. The van der Waals surface area contributed by atoms with Crippen molar-refractivity contribution in [3.05, 3.63) is 53.9 Å². The molecule has 0 aliphatic carbocycles. The fraction of sp³-hybridized carbons (Fsp3) is 0.471. The van der Waals surface area contributed by atoms with E-state index in [1.165, 1.54) is 11.1 Å². The first-order valence-corrected chi connectivity index (χ1v) is 7.52. The van der Waals surface area contributed by atoms with Gasteiger partial charge in [-0.15, -0.1) is 0 Å². The first-order valence-electron chi connectivity index (χ1n) is 7.52. The largest absolute Gasteiger partial charge is 0.316 e. The summed E-state index contributed by atoms with van der Waals surface area (Å²) in [5, 5.41) is 7.86. The van der Waals surface area contributed by atoms with E-state index in [1.54, 1.807) is 0 Å². The molecular weight excluding hydrogens is 246 g/mol. The Balaban J connectivity index is 2.13. The van der Waals surface area contributed by atoms with E-state index >= 15 is 0 Å². The van der Waals surface area contributed by atoms with Gasteiger partial charge in [-0.25, -0.2) is 0 Å². The third-order valence-electron chi connectivity index (χ3n) is 3.99. The van der Waals surface area contributed by atoms with E-state index in [2.05, 4.69) is 67.8 Å². The van der Waals surface area contributed by atoms with Crippen LogP contribution in [0, 0.1) is 0 Å². The van der Waals surface area contributed by atoms with Crippen LogP contribution in [-0.4, -0.2) is 22.9 Å². The van der Waals surface area contributed by atoms with Crippen LogP contribution >= 0.6 is 0 Å². The van der Waals surface area contributed by atoms with Gasteiger partial charge < -0.3 is 5.32 Å². The summed E-state index contributed by atoms with van der Waals surface area (Å²) in [7, 11) is 2.06. The Bertz CT molecular complexity index is 504. The number of hydrogen-bond acceptors (Lipinski definition) is 2. The molecule has 0 aliphatic heterocycles. The van der Waals surface area contributed by atoms with E-state index in [1.807, 2.05) is 10.9 Å². The molecule has 1 N–H and O–H groups in total. The molecule has 1 aromatic heterocycles. The van der Waals surface area contributed by atoms with Crippen molar-refractivity contribution in [3.8, 4) is 0 Å². The lowest BCUT2D eigenvalue weighted by Gasteiger charge is -2.26. The molecular formula is C17H25N3. The zero-order chi connectivity index (χ0) is 14.4. The fourth-order valence-electron chi connectivity index (χ4n) is 2.84. The van der Waals surface area contributed by atoms with Gasteiger partial charge in [-0.05, 0) is 43.9 Å². The number of aromatic nitrogens is 2. The van der Waals surface area contributed by atoms with Crippen LogP contribution < -0.4 is 5.32 Å². The summed E-state index contributed by atoms with van der Waals surface area (Å²) < 4.78 is 1.99. The lowest BCUT2D eigenvalue weighted by Crippen LogP contribution is -2.34. The monoisotopic (exact) mass is 271 g/mol. The molecule has 2 unspecified atom stereocenters. The van der Waals surface area contributed by atoms with Crippen molar-refractivity contribution in [2.45, 2.75) is 45.2 Å². The Morgan fingerprint density at radius 3 is 2.50 bits per heavy atom. The van der Waals surface area contributed by atoms with Crippen molar-refractivity contribution >= 4 is 0 Å². The van der Waals surface area contributed by atoms with E-state index in [0.29, 0.717) is 12.0 Å². The predicted molar refractivity (Wildman–Crippen MR) is 83.9 cm³/mol. The van der Waals surface area contributed by atoms with E-state index in [-0.39, 0.29) is 0 Å². The Morgan fingerprint density at radius 1 is 1.20 bits per heavy atom. The number of nitrogens with one attached hydrogen (secondary N) is 1. The minimum absolute atomic E-state index is 0.442. The number of nitrogens with zero attached hydrogens (tertiary/aromatic N) is 2. The summed E-state index contributed by atoms with van der Waals surface area (Å²) in [6.45, 7) is 5.31. The molecule has 0 radical (unpaired) electrons. The van der Waals surface area contributed by atoms with Gasteiger partial charge in [-0.1, -0.05) is 37.3 Å². The maximum absolute atomic E-state index is 4.37. The van der Waals surface area contributed by atoms with Gasteiger partial charge in [0.25, 0.3) is 0 Å². The maximum atomic E-state index is 4.37. The lowest BCUT2D eigenvalue weighted by molar-refractivity contribution is 0.448. The number of hydrogen-bond donors (Lipinski definition) is 1. The fourth-order valence-corrected chi connectivity index (χ4v) is 2.84. The van der Waals surface area contributed by atoms with Crippen molar-refractivity contribution in [1.82, 2.24) is 15.1 Å². The Labute approximate surface area is 122 Å². The van der Waals surface area contributed by atoms with Crippen LogP contribution in [-0.2, 0) is 13.0 Å². The minimum atomic E-state index is 0.442. The van der Waals surface area contributed by atoms with Crippen LogP contribution in [0.15, 0.2) is 42.7 Å². The van der Waals surface area contributed by atoms with Crippen LogP contribution in [0.3, 0.4) is 0 Å². The van der Waals surface area contributed by atoms with Gasteiger partial charge in [0, 0.05) is 18.8 Å². The van der Waals surface area contributed by atoms with E-state index in [9.17, 15) is 0 Å². The van der Waals surface area contributed by atoms with E-state index in [0.717, 1.165) is 19.4 Å². The van der Waals surface area contributed by atoms with Gasteiger partial charge >= 0.3 is 0 Å². The molecule has 0 saturated carbocycles. The van der Waals surface area contributed by atoms with Crippen molar-refractivity contribution in [2.75, 3.05) is 7.05 Å². The summed E-state index contributed by atoms with van der Waals surface area (Å²) in [6.07, 6.45) is 6.30. The molecule has 0 amide bonds. The smallest absolute Gasteiger partial charge is 0.0522 e. The molecule has 0 aliphatic rings. The van der Waals surface area contributed by atoms with Gasteiger partial charge in [0.15, 0.2) is 0 Å². The van der Waals surface area contributed by atoms with Crippen molar-refractivity contribution in [3.63, 3.8) is 0 Å². The third-order valence-corrected chi connectivity index (χ3v) is 3.99. The van der Waals surface area contributed by atoms with Crippen LogP contribution in [0.25, 0.3) is 0 Å². The quantitative estimate of drug-likeness (QED) is 0.838. The highest BCUT2D eigenvalue weighted by molar-refractivity contribution is 5.22. The number of benzene rings is 1. The number of likely N-dealkylation sites (N-methyl/N-ethyl adjacent to an activating group) is 1. The molecule has 1 aromatic carbocycles. The van der Waals surface area contributed by atoms with Crippen LogP contribution in [0.1, 0.15) is 37.3 Å².